The summed E-state index contributed by atoms with van der Waals surface area (Å²) in [7, 11) is 0. The first-order chi connectivity index (χ1) is 18.5. The third kappa shape index (κ3) is 5.63. The van der Waals surface area contributed by atoms with Crippen molar-refractivity contribution in [2.75, 3.05) is 6.54 Å². The average molecular weight is 524 g/mol. The number of rotatable bonds is 9. The van der Waals surface area contributed by atoms with Crippen LogP contribution < -0.4 is 4.74 Å². The van der Waals surface area contributed by atoms with Gasteiger partial charge in [0.05, 0.1) is 10.5 Å². The Bertz CT molecular complexity index is 1530. The van der Waals surface area contributed by atoms with Gasteiger partial charge in [0.25, 0.3) is 11.1 Å². The zero-order chi connectivity index (χ0) is 26.5. The molecule has 1 aliphatic rings. The molecule has 0 unspecified atom stereocenters. The number of amides is 2. The van der Waals surface area contributed by atoms with Gasteiger partial charge in [0.2, 0.25) is 0 Å². The minimum Gasteiger partial charge on any atom is -0.488 e. The molecule has 38 heavy (non-hydrogen) atoms. The number of ether oxygens (including phenoxy) is 1. The minimum absolute atomic E-state index is 0.208. The highest BCUT2D eigenvalue weighted by Crippen LogP contribution is 2.37. The minimum atomic E-state index is -0.983. The second kappa shape index (κ2) is 11.4. The maximum atomic E-state index is 13.2. The lowest BCUT2D eigenvalue weighted by Crippen LogP contribution is -2.29. The molecule has 1 saturated heterocycles. The van der Waals surface area contributed by atoms with Crippen LogP contribution in [0.4, 0.5) is 4.79 Å². The van der Waals surface area contributed by atoms with Gasteiger partial charge in [0.1, 0.15) is 12.4 Å². The number of aromatic carboxylic acids is 1. The van der Waals surface area contributed by atoms with E-state index < -0.39 is 5.97 Å². The van der Waals surface area contributed by atoms with Crippen LogP contribution in [0, 0.1) is 0 Å². The van der Waals surface area contributed by atoms with Crippen LogP contribution in [-0.2, 0) is 17.8 Å². The van der Waals surface area contributed by atoms with Crippen molar-refractivity contribution in [1.29, 1.82) is 0 Å². The Kier molecular flexibility index (Phi) is 7.56. The van der Waals surface area contributed by atoms with Crippen LogP contribution in [0.1, 0.15) is 33.5 Å². The molecule has 0 atom stereocenters. The van der Waals surface area contributed by atoms with Gasteiger partial charge in [-0.1, -0.05) is 72.8 Å². The summed E-state index contributed by atoms with van der Waals surface area (Å²) in [6.45, 7) is 0.585. The van der Waals surface area contributed by atoms with E-state index >= 15 is 0 Å². The molecule has 5 rings (SSSR count). The molecule has 2 amide bonds. The average Bonchev–Trinajstić information content (AvgIpc) is 3.20. The number of carbonyl (C=O) groups is 3. The Balaban J connectivity index is 1.37. The molecular formula is C31H25NO5S. The Morgan fingerprint density at radius 3 is 2.37 bits per heavy atom. The third-order valence-electron chi connectivity index (χ3n) is 6.36. The smallest absolute Gasteiger partial charge is 0.335 e. The SMILES string of the molecule is O=C(O)c1ccc(COc2ccc3ccccc3c2/C=C2/SC(=O)N(CCCc3ccccc3)C2=O)cc1. The lowest BCUT2D eigenvalue weighted by atomic mass is 10.0. The second-order valence-corrected chi connectivity index (χ2v) is 9.90. The number of imide groups is 1. The van der Waals surface area contributed by atoms with Gasteiger partial charge in [-0.15, -0.1) is 0 Å². The molecule has 6 nitrogen and oxygen atoms in total. The first-order valence-electron chi connectivity index (χ1n) is 12.3. The van der Waals surface area contributed by atoms with Crippen molar-refractivity contribution in [2.24, 2.45) is 0 Å². The molecule has 190 valence electrons. The van der Waals surface area contributed by atoms with E-state index in [0.717, 1.165) is 40.1 Å². The van der Waals surface area contributed by atoms with Crippen LogP contribution >= 0.6 is 11.8 Å². The van der Waals surface area contributed by atoms with Gasteiger partial charge < -0.3 is 9.84 Å². The number of nitrogens with zero attached hydrogens (tertiary/aromatic N) is 1. The van der Waals surface area contributed by atoms with Crippen LogP contribution in [0.3, 0.4) is 0 Å². The summed E-state index contributed by atoms with van der Waals surface area (Å²) in [5.41, 5.74) is 2.91. The summed E-state index contributed by atoms with van der Waals surface area (Å²) in [6, 6.07) is 28.1. The summed E-state index contributed by atoms with van der Waals surface area (Å²) in [5, 5.41) is 10.7. The lowest BCUT2D eigenvalue weighted by Gasteiger charge is -2.13. The molecule has 0 radical (unpaired) electrons. The van der Waals surface area contributed by atoms with Gasteiger partial charge in [-0.05, 0) is 70.8 Å². The highest BCUT2D eigenvalue weighted by Gasteiger charge is 2.34. The van der Waals surface area contributed by atoms with Gasteiger partial charge in [-0.3, -0.25) is 14.5 Å². The number of fused-ring (bicyclic) bond motifs is 1. The standard InChI is InChI=1S/C31H25NO5S/c33-29-28(38-31(36)32(29)18-6-9-21-7-2-1-3-8-21)19-26-25-11-5-4-10-23(25)16-17-27(26)37-20-22-12-14-24(15-13-22)30(34)35/h1-5,7-8,10-17,19H,6,9,18,20H2,(H,34,35)/b28-19+. The first kappa shape index (κ1) is 25.3. The van der Waals surface area contributed by atoms with E-state index in [-0.39, 0.29) is 23.3 Å². The molecule has 4 aromatic carbocycles. The number of hydrogen-bond donors (Lipinski definition) is 1. The van der Waals surface area contributed by atoms with E-state index in [0.29, 0.717) is 23.6 Å². The molecule has 7 heteroatoms. The van der Waals surface area contributed by atoms with E-state index in [1.54, 1.807) is 18.2 Å². The van der Waals surface area contributed by atoms with Crippen molar-refractivity contribution in [3.05, 3.63) is 118 Å². The van der Waals surface area contributed by atoms with E-state index in [4.69, 9.17) is 9.84 Å². The Morgan fingerprint density at radius 1 is 0.868 bits per heavy atom. The predicted molar refractivity (Wildman–Crippen MR) is 149 cm³/mol. The highest BCUT2D eigenvalue weighted by atomic mass is 32.2. The van der Waals surface area contributed by atoms with Gasteiger partial charge in [-0.2, -0.15) is 0 Å². The molecule has 0 saturated carbocycles. The molecule has 1 heterocycles. The molecule has 0 bridgehead atoms. The summed E-state index contributed by atoms with van der Waals surface area (Å²) in [5.74, 6) is -0.707. The molecule has 0 aliphatic carbocycles. The number of carbonyl (C=O) groups excluding carboxylic acids is 2. The van der Waals surface area contributed by atoms with Crippen molar-refractivity contribution >= 4 is 45.7 Å². The topological polar surface area (TPSA) is 83.9 Å². The van der Waals surface area contributed by atoms with Crippen molar-refractivity contribution in [2.45, 2.75) is 19.4 Å². The van der Waals surface area contributed by atoms with E-state index in [1.807, 2.05) is 66.7 Å². The Labute approximate surface area is 224 Å². The zero-order valence-corrected chi connectivity index (χ0v) is 21.3. The molecule has 1 aliphatic heterocycles. The summed E-state index contributed by atoms with van der Waals surface area (Å²) in [6.07, 6.45) is 3.22. The van der Waals surface area contributed by atoms with Crippen LogP contribution in [0.2, 0.25) is 0 Å². The summed E-state index contributed by atoms with van der Waals surface area (Å²) < 4.78 is 6.13. The van der Waals surface area contributed by atoms with E-state index in [1.165, 1.54) is 22.6 Å². The fourth-order valence-corrected chi connectivity index (χ4v) is 5.21. The monoisotopic (exact) mass is 523 g/mol. The van der Waals surface area contributed by atoms with Crippen molar-refractivity contribution in [1.82, 2.24) is 4.90 Å². The number of thioether (sulfide) groups is 1. The quantitative estimate of drug-likeness (QED) is 0.243. The summed E-state index contributed by atoms with van der Waals surface area (Å²) in [4.78, 5) is 38.7. The second-order valence-electron chi connectivity index (χ2n) is 8.91. The van der Waals surface area contributed by atoms with Crippen molar-refractivity contribution < 1.29 is 24.2 Å². The van der Waals surface area contributed by atoms with Crippen LogP contribution in [0.5, 0.6) is 5.75 Å². The van der Waals surface area contributed by atoms with Crippen molar-refractivity contribution in [3.63, 3.8) is 0 Å². The molecule has 1 fully saturated rings. The van der Waals surface area contributed by atoms with Crippen LogP contribution in [0.15, 0.2) is 95.9 Å². The molecule has 1 N–H and O–H groups in total. The van der Waals surface area contributed by atoms with Gasteiger partial charge in [-0.25, -0.2) is 4.79 Å². The van der Waals surface area contributed by atoms with Gasteiger partial charge in [0.15, 0.2) is 0 Å². The fourth-order valence-electron chi connectivity index (χ4n) is 4.36. The number of carboxylic acid groups (broad SMARTS) is 1. The Hall–Kier alpha value is -4.36. The number of benzene rings is 4. The molecule has 4 aromatic rings. The largest absolute Gasteiger partial charge is 0.488 e. The maximum absolute atomic E-state index is 13.2. The third-order valence-corrected chi connectivity index (χ3v) is 7.27. The predicted octanol–water partition coefficient (Wildman–Crippen LogP) is 6.79. The first-order valence-corrected chi connectivity index (χ1v) is 13.1. The van der Waals surface area contributed by atoms with Crippen LogP contribution in [-0.4, -0.2) is 33.7 Å². The molecule has 0 spiro atoms. The number of hydrogen-bond acceptors (Lipinski definition) is 5. The number of aryl methyl sites for hydroxylation is 1. The van der Waals surface area contributed by atoms with Crippen LogP contribution in [0.25, 0.3) is 16.8 Å². The highest BCUT2D eigenvalue weighted by molar-refractivity contribution is 8.18. The maximum Gasteiger partial charge on any atom is 0.335 e. The van der Waals surface area contributed by atoms with Crippen molar-refractivity contribution in [3.8, 4) is 5.75 Å². The fraction of sp³-hybridized carbons (Fsp3) is 0.129. The molecule has 0 aromatic heterocycles. The summed E-state index contributed by atoms with van der Waals surface area (Å²) >= 11 is 0.946. The lowest BCUT2D eigenvalue weighted by molar-refractivity contribution is -0.122. The van der Waals surface area contributed by atoms with Gasteiger partial charge >= 0.3 is 5.97 Å². The zero-order valence-electron chi connectivity index (χ0n) is 20.5. The van der Waals surface area contributed by atoms with Gasteiger partial charge in [0, 0.05) is 12.1 Å². The van der Waals surface area contributed by atoms with E-state index in [9.17, 15) is 14.4 Å². The van der Waals surface area contributed by atoms with E-state index in [2.05, 4.69) is 0 Å². The molecular weight excluding hydrogens is 498 g/mol. The normalized spacial score (nSPS) is 14.4. The number of carboxylic acids is 1. The Morgan fingerprint density at radius 2 is 1.61 bits per heavy atom.